The Labute approximate surface area is 156 Å². The van der Waals surface area contributed by atoms with Crippen LogP contribution in [0.1, 0.15) is 28.7 Å². The van der Waals surface area contributed by atoms with Gasteiger partial charge in [-0.3, -0.25) is 9.59 Å². The molecule has 1 heterocycles. The maximum absolute atomic E-state index is 12.8. The van der Waals surface area contributed by atoms with Crippen molar-refractivity contribution in [3.05, 3.63) is 53.1 Å². The third kappa shape index (κ3) is 5.40. The molecule has 0 atom stereocenters. The number of rotatable bonds is 7. The van der Waals surface area contributed by atoms with E-state index < -0.39 is 30.3 Å². The molecule has 1 aromatic heterocycles. The number of aryl methyl sites for hydroxylation is 1. The summed E-state index contributed by atoms with van der Waals surface area (Å²) in [5, 5.41) is 2.49. The van der Waals surface area contributed by atoms with E-state index in [1.807, 2.05) is 0 Å². The zero-order valence-corrected chi connectivity index (χ0v) is 15.4. The number of halogens is 1. The van der Waals surface area contributed by atoms with E-state index >= 15 is 0 Å². The minimum Gasteiger partial charge on any atom is -0.462 e. The Morgan fingerprint density at radius 1 is 1.11 bits per heavy atom. The molecule has 7 nitrogen and oxygen atoms in total. The van der Waals surface area contributed by atoms with Crippen LogP contribution in [0.2, 0.25) is 0 Å². The van der Waals surface area contributed by atoms with E-state index in [4.69, 9.17) is 9.47 Å². The molecule has 0 fully saturated rings. The third-order valence-electron chi connectivity index (χ3n) is 3.85. The number of esters is 2. The lowest BCUT2D eigenvalue weighted by Gasteiger charge is -2.10. The first-order valence-corrected chi connectivity index (χ1v) is 8.36. The molecule has 1 amide bonds. The van der Waals surface area contributed by atoms with Gasteiger partial charge < -0.3 is 19.4 Å². The number of hydrogen-bond donors (Lipinski definition) is 1. The molecule has 144 valence electrons. The van der Waals surface area contributed by atoms with Crippen molar-refractivity contribution in [3.8, 4) is 0 Å². The molecule has 0 spiro atoms. The second-order valence-corrected chi connectivity index (χ2v) is 5.81. The van der Waals surface area contributed by atoms with Crippen LogP contribution in [0.15, 0.2) is 30.3 Å². The first kappa shape index (κ1) is 20.2. The fraction of sp³-hybridized carbons (Fsp3) is 0.316. The number of anilines is 1. The Balaban J connectivity index is 1.91. The minimum absolute atomic E-state index is 0.138. The lowest BCUT2D eigenvalue weighted by molar-refractivity contribution is -0.147. The highest BCUT2D eigenvalue weighted by atomic mass is 19.1. The standard InChI is InChI=1S/C19H21FN2O5/c1-4-26-19(25)16-9-12(2)22(13(16)3)10-18(24)27-11-17(23)21-15-7-5-14(20)6-8-15/h5-9H,4,10-11H2,1-3H3,(H,21,23). The third-order valence-corrected chi connectivity index (χ3v) is 3.85. The first-order valence-electron chi connectivity index (χ1n) is 8.36. The van der Waals surface area contributed by atoms with Crippen molar-refractivity contribution in [3.63, 3.8) is 0 Å². The van der Waals surface area contributed by atoms with Gasteiger partial charge in [0, 0.05) is 17.1 Å². The number of nitrogens with zero attached hydrogens (tertiary/aromatic N) is 1. The summed E-state index contributed by atoms with van der Waals surface area (Å²) in [4.78, 5) is 35.7. The molecule has 0 aliphatic rings. The Hall–Kier alpha value is -3.16. The summed E-state index contributed by atoms with van der Waals surface area (Å²) in [6.45, 7) is 4.82. The monoisotopic (exact) mass is 376 g/mol. The quantitative estimate of drug-likeness (QED) is 0.751. The fourth-order valence-corrected chi connectivity index (χ4v) is 2.51. The molecule has 2 aromatic rings. The zero-order chi connectivity index (χ0) is 20.0. The molecule has 0 aliphatic heterocycles. The first-order chi connectivity index (χ1) is 12.8. The van der Waals surface area contributed by atoms with E-state index in [0.29, 0.717) is 22.6 Å². The van der Waals surface area contributed by atoms with Crippen LogP contribution in [-0.2, 0) is 25.6 Å². The van der Waals surface area contributed by atoms with Gasteiger partial charge in [-0.25, -0.2) is 9.18 Å². The Bertz CT molecular complexity index is 843. The van der Waals surface area contributed by atoms with E-state index in [1.54, 1.807) is 31.4 Å². The summed E-state index contributed by atoms with van der Waals surface area (Å²) in [6.07, 6.45) is 0. The molecule has 0 unspecified atom stereocenters. The van der Waals surface area contributed by atoms with Gasteiger partial charge in [-0.2, -0.15) is 0 Å². The molecule has 1 aromatic carbocycles. The van der Waals surface area contributed by atoms with E-state index in [0.717, 1.165) is 0 Å². The highest BCUT2D eigenvalue weighted by Crippen LogP contribution is 2.16. The number of amides is 1. The summed E-state index contributed by atoms with van der Waals surface area (Å²) in [6, 6.07) is 6.86. The molecule has 27 heavy (non-hydrogen) atoms. The second-order valence-electron chi connectivity index (χ2n) is 5.81. The van der Waals surface area contributed by atoms with Crippen LogP contribution in [0, 0.1) is 19.7 Å². The van der Waals surface area contributed by atoms with E-state index in [2.05, 4.69) is 5.32 Å². The summed E-state index contributed by atoms with van der Waals surface area (Å²) in [5.41, 5.74) is 2.06. The highest BCUT2D eigenvalue weighted by molar-refractivity contribution is 5.93. The van der Waals surface area contributed by atoms with Crippen LogP contribution in [0.3, 0.4) is 0 Å². The lowest BCUT2D eigenvalue weighted by Crippen LogP contribution is -2.23. The Morgan fingerprint density at radius 3 is 2.41 bits per heavy atom. The zero-order valence-electron chi connectivity index (χ0n) is 15.4. The van der Waals surface area contributed by atoms with Gasteiger partial charge in [0.1, 0.15) is 12.4 Å². The van der Waals surface area contributed by atoms with Crippen molar-refractivity contribution in [2.45, 2.75) is 27.3 Å². The van der Waals surface area contributed by atoms with E-state index in [1.165, 1.54) is 24.3 Å². The minimum atomic E-state index is -0.624. The van der Waals surface area contributed by atoms with Crippen molar-refractivity contribution < 1.29 is 28.2 Å². The van der Waals surface area contributed by atoms with E-state index in [-0.39, 0.29) is 13.2 Å². The number of carbonyl (C=O) groups excluding carboxylic acids is 3. The van der Waals surface area contributed by atoms with Crippen molar-refractivity contribution in [2.75, 3.05) is 18.5 Å². The van der Waals surface area contributed by atoms with Gasteiger partial charge >= 0.3 is 11.9 Å². The summed E-state index contributed by atoms with van der Waals surface area (Å²) in [7, 11) is 0. The Morgan fingerprint density at radius 2 is 1.78 bits per heavy atom. The molecule has 0 saturated carbocycles. The molecule has 2 rings (SSSR count). The number of hydrogen-bond acceptors (Lipinski definition) is 5. The van der Waals surface area contributed by atoms with Gasteiger partial charge in [0.15, 0.2) is 6.61 Å². The molecule has 0 saturated heterocycles. The summed E-state index contributed by atoms with van der Waals surface area (Å²) in [5.74, 6) is -2.03. The Kier molecular flexibility index (Phi) is 6.70. The highest BCUT2D eigenvalue weighted by Gasteiger charge is 2.19. The molecular weight excluding hydrogens is 355 g/mol. The number of ether oxygens (including phenoxy) is 2. The molecule has 0 radical (unpaired) electrons. The van der Waals surface area contributed by atoms with Crippen molar-refractivity contribution in [1.82, 2.24) is 4.57 Å². The number of benzene rings is 1. The van der Waals surface area contributed by atoms with Gasteiger partial charge in [-0.15, -0.1) is 0 Å². The second kappa shape index (κ2) is 8.98. The SMILES string of the molecule is CCOC(=O)c1cc(C)n(CC(=O)OCC(=O)Nc2ccc(F)cc2)c1C. The molecular formula is C19H21FN2O5. The van der Waals surface area contributed by atoms with Gasteiger partial charge in [-0.05, 0) is 51.1 Å². The van der Waals surface area contributed by atoms with Gasteiger partial charge in [-0.1, -0.05) is 0 Å². The average Bonchev–Trinajstić information content (AvgIpc) is 2.90. The normalized spacial score (nSPS) is 10.4. The van der Waals surface area contributed by atoms with Crippen molar-refractivity contribution in [2.24, 2.45) is 0 Å². The predicted molar refractivity (Wildman–Crippen MR) is 95.9 cm³/mol. The molecule has 1 N–H and O–H groups in total. The number of aromatic nitrogens is 1. The largest absolute Gasteiger partial charge is 0.462 e. The van der Waals surface area contributed by atoms with Crippen LogP contribution in [0.4, 0.5) is 10.1 Å². The van der Waals surface area contributed by atoms with Crippen molar-refractivity contribution >= 4 is 23.5 Å². The van der Waals surface area contributed by atoms with Crippen LogP contribution < -0.4 is 5.32 Å². The van der Waals surface area contributed by atoms with E-state index in [9.17, 15) is 18.8 Å². The number of carbonyl (C=O) groups is 3. The average molecular weight is 376 g/mol. The van der Waals surface area contributed by atoms with Crippen LogP contribution in [0.5, 0.6) is 0 Å². The number of nitrogens with one attached hydrogen (secondary N) is 1. The molecule has 0 bridgehead atoms. The van der Waals surface area contributed by atoms with Crippen molar-refractivity contribution in [1.29, 1.82) is 0 Å². The maximum Gasteiger partial charge on any atom is 0.339 e. The molecule has 0 aliphatic carbocycles. The van der Waals surface area contributed by atoms with Gasteiger partial charge in [0.2, 0.25) is 0 Å². The van der Waals surface area contributed by atoms with Crippen LogP contribution >= 0.6 is 0 Å². The fourth-order valence-electron chi connectivity index (χ4n) is 2.51. The van der Waals surface area contributed by atoms with Crippen LogP contribution in [0.25, 0.3) is 0 Å². The summed E-state index contributed by atoms with van der Waals surface area (Å²) < 4.78 is 24.4. The van der Waals surface area contributed by atoms with Gasteiger partial charge in [0.25, 0.3) is 5.91 Å². The topological polar surface area (TPSA) is 86.6 Å². The maximum atomic E-state index is 12.8. The van der Waals surface area contributed by atoms with Gasteiger partial charge in [0.05, 0.1) is 12.2 Å². The molecule has 8 heteroatoms. The summed E-state index contributed by atoms with van der Waals surface area (Å²) >= 11 is 0. The lowest BCUT2D eigenvalue weighted by atomic mass is 10.2. The smallest absolute Gasteiger partial charge is 0.339 e. The van der Waals surface area contributed by atoms with Crippen LogP contribution in [-0.4, -0.2) is 35.6 Å². The predicted octanol–water partition coefficient (Wildman–Crippen LogP) is 2.60.